The molecule has 1 aliphatic carbocycles. The van der Waals surface area contributed by atoms with E-state index in [9.17, 15) is 17.6 Å². The summed E-state index contributed by atoms with van der Waals surface area (Å²) in [5.41, 5.74) is 2.98. The summed E-state index contributed by atoms with van der Waals surface area (Å²) in [6.45, 7) is 4.18. The molecule has 0 unspecified atom stereocenters. The lowest BCUT2D eigenvalue weighted by Gasteiger charge is -2.29. The summed E-state index contributed by atoms with van der Waals surface area (Å²) in [6.07, 6.45) is 8.89. The highest BCUT2D eigenvalue weighted by molar-refractivity contribution is 5.65. The van der Waals surface area contributed by atoms with Gasteiger partial charge in [0.25, 0.3) is 0 Å². The molecule has 0 bridgehead atoms. The zero-order valence-electron chi connectivity index (χ0n) is 22.5. The fraction of sp³-hybridized carbons (Fsp3) is 0.455. The lowest BCUT2D eigenvalue weighted by molar-refractivity contribution is 0.296. The molecule has 0 amide bonds. The Hall–Kier alpha value is -2.82. The Morgan fingerprint density at radius 1 is 0.711 bits per heavy atom. The van der Waals surface area contributed by atoms with Crippen molar-refractivity contribution in [2.45, 2.75) is 84.0 Å². The van der Waals surface area contributed by atoms with E-state index in [2.05, 4.69) is 6.92 Å². The van der Waals surface area contributed by atoms with Crippen molar-refractivity contribution in [3.63, 3.8) is 0 Å². The molecule has 0 spiro atoms. The molecule has 0 radical (unpaired) electrons. The molecule has 1 nitrogen and oxygen atoms in total. The Balaban J connectivity index is 1.33. The summed E-state index contributed by atoms with van der Waals surface area (Å²) in [5, 5.41) is 0. The lowest BCUT2D eigenvalue weighted by Crippen LogP contribution is -2.16. The van der Waals surface area contributed by atoms with Gasteiger partial charge >= 0.3 is 0 Å². The fourth-order valence-corrected chi connectivity index (χ4v) is 5.69. The normalized spacial score (nSPS) is 17.5. The largest absolute Gasteiger partial charge is 0.491 e. The summed E-state index contributed by atoms with van der Waals surface area (Å²) in [5.74, 6) is -3.04. The average molecular weight is 527 g/mol. The van der Waals surface area contributed by atoms with Gasteiger partial charge in [0, 0.05) is 5.56 Å². The van der Waals surface area contributed by atoms with Crippen LogP contribution in [0, 0.1) is 29.2 Å². The van der Waals surface area contributed by atoms with Gasteiger partial charge in [-0.15, -0.1) is 0 Å². The van der Waals surface area contributed by atoms with Gasteiger partial charge in [0.1, 0.15) is 0 Å². The van der Waals surface area contributed by atoms with Crippen molar-refractivity contribution in [2.24, 2.45) is 5.92 Å². The van der Waals surface area contributed by atoms with Crippen LogP contribution < -0.4 is 4.74 Å². The van der Waals surface area contributed by atoms with Crippen LogP contribution in [0.25, 0.3) is 11.1 Å². The van der Waals surface area contributed by atoms with Gasteiger partial charge < -0.3 is 4.74 Å². The highest BCUT2D eigenvalue weighted by Gasteiger charge is 2.27. The van der Waals surface area contributed by atoms with Crippen LogP contribution in [0.4, 0.5) is 17.6 Å². The van der Waals surface area contributed by atoms with Crippen LogP contribution in [0.2, 0.25) is 0 Å². The minimum absolute atomic E-state index is 0.0390. The number of hydrogen-bond donors (Lipinski definition) is 0. The van der Waals surface area contributed by atoms with Gasteiger partial charge in [-0.2, -0.15) is 4.39 Å². The lowest BCUT2D eigenvalue weighted by atomic mass is 9.76. The van der Waals surface area contributed by atoms with Gasteiger partial charge in [-0.05, 0) is 98.4 Å². The fourth-order valence-electron chi connectivity index (χ4n) is 5.69. The molecule has 5 heteroatoms. The SMILES string of the molecule is CCCCCc1ccc(-c2ccc(CCC3CCC(c4ccc(OCC)c(F)c4F)CC3)c(F)c2F)cc1. The van der Waals surface area contributed by atoms with Gasteiger partial charge in [-0.1, -0.05) is 62.2 Å². The summed E-state index contributed by atoms with van der Waals surface area (Å²) < 4.78 is 64.1. The third-order valence-electron chi connectivity index (χ3n) is 7.98. The number of ether oxygens (including phenoxy) is 1. The number of unbranched alkanes of at least 4 members (excludes halogenated alkanes) is 2. The second-order valence-electron chi connectivity index (χ2n) is 10.5. The van der Waals surface area contributed by atoms with Crippen molar-refractivity contribution >= 4 is 0 Å². The summed E-state index contributed by atoms with van der Waals surface area (Å²) in [6, 6.07) is 14.3. The molecular weight excluding hydrogens is 488 g/mol. The molecule has 38 heavy (non-hydrogen) atoms. The molecule has 0 heterocycles. The van der Waals surface area contributed by atoms with Gasteiger partial charge in [-0.3, -0.25) is 0 Å². The molecule has 0 saturated heterocycles. The number of halogens is 4. The molecule has 0 N–H and O–H groups in total. The van der Waals surface area contributed by atoms with Gasteiger partial charge in [0.15, 0.2) is 23.2 Å². The third-order valence-corrected chi connectivity index (χ3v) is 7.98. The van der Waals surface area contributed by atoms with Crippen molar-refractivity contribution in [3.05, 3.63) is 88.5 Å². The Kier molecular flexibility index (Phi) is 9.87. The smallest absolute Gasteiger partial charge is 0.200 e. The van der Waals surface area contributed by atoms with Crippen LogP contribution in [0.15, 0.2) is 48.5 Å². The third kappa shape index (κ3) is 6.59. The van der Waals surface area contributed by atoms with Crippen molar-refractivity contribution in [3.8, 4) is 16.9 Å². The molecule has 0 aliphatic heterocycles. The summed E-state index contributed by atoms with van der Waals surface area (Å²) in [7, 11) is 0. The first-order chi connectivity index (χ1) is 18.4. The predicted octanol–water partition coefficient (Wildman–Crippen LogP) is 9.95. The van der Waals surface area contributed by atoms with Crippen LogP contribution in [0.5, 0.6) is 5.75 Å². The molecule has 0 aromatic heterocycles. The number of aryl methyl sites for hydroxylation is 2. The first-order valence-electron chi connectivity index (χ1n) is 14.1. The molecule has 1 saturated carbocycles. The van der Waals surface area contributed by atoms with E-state index < -0.39 is 23.3 Å². The molecule has 204 valence electrons. The molecule has 3 aromatic carbocycles. The Morgan fingerprint density at radius 2 is 1.45 bits per heavy atom. The van der Waals surface area contributed by atoms with E-state index in [-0.39, 0.29) is 23.8 Å². The first-order valence-corrected chi connectivity index (χ1v) is 14.1. The standard InChI is InChI=1S/C33H38F4O/c1-3-5-6-7-22-8-13-24(14-9-22)27-19-18-26(30(34)31(27)35)17-12-23-10-15-25(16-11-23)28-20-21-29(38-4-2)33(37)32(28)36/h8-9,13-14,18-21,23,25H,3-7,10-12,15-17H2,1-2H3. The number of benzene rings is 3. The molecule has 1 fully saturated rings. The zero-order chi connectivity index (χ0) is 27.1. The number of rotatable bonds is 11. The van der Waals surface area contributed by atoms with Crippen LogP contribution in [0.1, 0.15) is 87.8 Å². The van der Waals surface area contributed by atoms with Crippen molar-refractivity contribution in [2.75, 3.05) is 6.61 Å². The van der Waals surface area contributed by atoms with E-state index >= 15 is 0 Å². The second kappa shape index (κ2) is 13.3. The van der Waals surface area contributed by atoms with Gasteiger partial charge in [0.05, 0.1) is 6.61 Å². The quantitative estimate of drug-likeness (QED) is 0.178. The van der Waals surface area contributed by atoms with Crippen LogP contribution in [-0.4, -0.2) is 6.61 Å². The molecule has 0 atom stereocenters. The highest BCUT2D eigenvalue weighted by Crippen LogP contribution is 2.40. The van der Waals surface area contributed by atoms with E-state index in [0.717, 1.165) is 44.9 Å². The van der Waals surface area contributed by atoms with Crippen molar-refractivity contribution < 1.29 is 22.3 Å². The first kappa shape index (κ1) is 28.2. The molecule has 3 aromatic rings. The number of hydrogen-bond acceptors (Lipinski definition) is 1. The zero-order valence-corrected chi connectivity index (χ0v) is 22.5. The van der Waals surface area contributed by atoms with Crippen molar-refractivity contribution in [1.29, 1.82) is 0 Å². The maximum absolute atomic E-state index is 15.0. The Bertz CT molecular complexity index is 1200. The van der Waals surface area contributed by atoms with E-state index in [1.54, 1.807) is 25.1 Å². The monoisotopic (exact) mass is 526 g/mol. The minimum Gasteiger partial charge on any atom is -0.491 e. The van der Waals surface area contributed by atoms with Crippen LogP contribution in [-0.2, 0) is 12.8 Å². The van der Waals surface area contributed by atoms with Gasteiger partial charge in [0.2, 0.25) is 5.82 Å². The van der Waals surface area contributed by atoms with Crippen LogP contribution >= 0.6 is 0 Å². The minimum atomic E-state index is -0.921. The molecule has 1 aliphatic rings. The predicted molar refractivity (Wildman–Crippen MR) is 146 cm³/mol. The van der Waals surface area contributed by atoms with E-state index in [1.165, 1.54) is 24.5 Å². The van der Waals surface area contributed by atoms with Gasteiger partial charge in [-0.25, -0.2) is 13.2 Å². The summed E-state index contributed by atoms with van der Waals surface area (Å²) >= 11 is 0. The highest BCUT2D eigenvalue weighted by atomic mass is 19.2. The average Bonchev–Trinajstić information content (AvgIpc) is 2.93. The molecule has 4 rings (SSSR count). The van der Waals surface area contributed by atoms with Crippen molar-refractivity contribution in [1.82, 2.24) is 0 Å². The summed E-state index contributed by atoms with van der Waals surface area (Å²) in [4.78, 5) is 0. The maximum Gasteiger partial charge on any atom is 0.200 e. The maximum atomic E-state index is 15.0. The van der Waals surface area contributed by atoms with E-state index in [0.29, 0.717) is 29.0 Å². The van der Waals surface area contributed by atoms with E-state index in [1.807, 2.05) is 24.3 Å². The van der Waals surface area contributed by atoms with E-state index in [4.69, 9.17) is 4.74 Å². The topological polar surface area (TPSA) is 9.23 Å². The Morgan fingerprint density at radius 3 is 2.13 bits per heavy atom. The molecular formula is C33H38F4O. The van der Waals surface area contributed by atoms with Crippen LogP contribution in [0.3, 0.4) is 0 Å². The second-order valence-corrected chi connectivity index (χ2v) is 10.5. The Labute approximate surface area is 224 Å².